The molecular formula is C14H30O2. The Balaban J connectivity index is 4.39. The van der Waals surface area contributed by atoms with Gasteiger partial charge in [0.25, 0.3) is 0 Å². The van der Waals surface area contributed by atoms with Crippen LogP contribution in [0.5, 0.6) is 0 Å². The van der Waals surface area contributed by atoms with Gasteiger partial charge in [0.15, 0.2) is 0 Å². The SMILES string of the molecule is CCCCC(C(C)O)C(CCCC)C(C)O. The second kappa shape index (κ2) is 9.00. The van der Waals surface area contributed by atoms with Crippen LogP contribution in [0.4, 0.5) is 0 Å². The molecule has 2 heteroatoms. The van der Waals surface area contributed by atoms with E-state index < -0.39 is 0 Å². The highest BCUT2D eigenvalue weighted by Crippen LogP contribution is 2.29. The predicted octanol–water partition coefficient (Wildman–Crippen LogP) is 3.36. The number of aliphatic hydroxyl groups is 2. The van der Waals surface area contributed by atoms with Crippen molar-refractivity contribution in [3.63, 3.8) is 0 Å². The molecule has 0 bridgehead atoms. The molecule has 0 aromatic carbocycles. The Morgan fingerprint density at radius 1 is 0.750 bits per heavy atom. The fraction of sp³-hybridized carbons (Fsp3) is 1.00. The first-order valence-electron chi connectivity index (χ1n) is 6.90. The largest absolute Gasteiger partial charge is 0.393 e. The van der Waals surface area contributed by atoms with Crippen LogP contribution in [-0.4, -0.2) is 22.4 Å². The van der Waals surface area contributed by atoms with Crippen molar-refractivity contribution in [3.8, 4) is 0 Å². The zero-order valence-corrected chi connectivity index (χ0v) is 11.4. The van der Waals surface area contributed by atoms with Gasteiger partial charge in [0.1, 0.15) is 0 Å². The molecule has 0 radical (unpaired) electrons. The quantitative estimate of drug-likeness (QED) is 0.637. The van der Waals surface area contributed by atoms with Crippen LogP contribution < -0.4 is 0 Å². The summed E-state index contributed by atoms with van der Waals surface area (Å²) in [5.41, 5.74) is 0. The highest BCUT2D eigenvalue weighted by atomic mass is 16.3. The molecule has 16 heavy (non-hydrogen) atoms. The molecule has 0 aliphatic heterocycles. The maximum absolute atomic E-state index is 9.85. The Hall–Kier alpha value is -0.0800. The summed E-state index contributed by atoms with van der Waals surface area (Å²) in [6, 6.07) is 0. The molecular weight excluding hydrogens is 200 g/mol. The molecule has 0 aromatic heterocycles. The van der Waals surface area contributed by atoms with E-state index in [1.807, 2.05) is 13.8 Å². The molecule has 2 N–H and O–H groups in total. The van der Waals surface area contributed by atoms with E-state index in [4.69, 9.17) is 0 Å². The summed E-state index contributed by atoms with van der Waals surface area (Å²) in [5, 5.41) is 19.7. The zero-order chi connectivity index (χ0) is 12.6. The molecule has 4 unspecified atom stereocenters. The maximum atomic E-state index is 9.85. The Morgan fingerprint density at radius 2 is 1.06 bits per heavy atom. The average Bonchev–Trinajstić information content (AvgIpc) is 2.21. The van der Waals surface area contributed by atoms with Gasteiger partial charge in [0, 0.05) is 0 Å². The van der Waals surface area contributed by atoms with E-state index in [-0.39, 0.29) is 24.0 Å². The van der Waals surface area contributed by atoms with Gasteiger partial charge in [-0.1, -0.05) is 39.5 Å². The second-order valence-electron chi connectivity index (χ2n) is 5.09. The highest BCUT2D eigenvalue weighted by molar-refractivity contribution is 4.78. The van der Waals surface area contributed by atoms with E-state index in [2.05, 4.69) is 13.8 Å². The molecule has 0 fully saturated rings. The van der Waals surface area contributed by atoms with Gasteiger partial charge in [-0.3, -0.25) is 0 Å². The molecule has 0 amide bonds. The van der Waals surface area contributed by atoms with Crippen molar-refractivity contribution in [2.45, 2.75) is 78.4 Å². The van der Waals surface area contributed by atoms with Crippen molar-refractivity contribution in [2.75, 3.05) is 0 Å². The Labute approximate surface area is 101 Å². The Kier molecular flexibility index (Phi) is 8.96. The van der Waals surface area contributed by atoms with Gasteiger partial charge in [-0.05, 0) is 38.5 Å². The van der Waals surface area contributed by atoms with Crippen LogP contribution in [0, 0.1) is 11.8 Å². The average molecular weight is 230 g/mol. The molecule has 4 atom stereocenters. The molecule has 98 valence electrons. The fourth-order valence-electron chi connectivity index (χ4n) is 2.51. The summed E-state index contributed by atoms with van der Waals surface area (Å²) in [4.78, 5) is 0. The zero-order valence-electron chi connectivity index (χ0n) is 11.4. The highest BCUT2D eigenvalue weighted by Gasteiger charge is 2.28. The molecule has 0 rings (SSSR count). The molecule has 0 spiro atoms. The summed E-state index contributed by atoms with van der Waals surface area (Å²) in [5.74, 6) is 0.512. The Morgan fingerprint density at radius 3 is 1.25 bits per heavy atom. The van der Waals surface area contributed by atoms with Crippen molar-refractivity contribution in [1.82, 2.24) is 0 Å². The van der Waals surface area contributed by atoms with E-state index in [0.717, 1.165) is 38.5 Å². The lowest BCUT2D eigenvalue weighted by Crippen LogP contribution is -2.32. The molecule has 0 heterocycles. The third-order valence-corrected chi connectivity index (χ3v) is 3.57. The smallest absolute Gasteiger partial charge is 0.0543 e. The first kappa shape index (κ1) is 15.9. The first-order chi connectivity index (χ1) is 7.54. The second-order valence-corrected chi connectivity index (χ2v) is 5.09. The van der Waals surface area contributed by atoms with E-state index in [9.17, 15) is 10.2 Å². The van der Waals surface area contributed by atoms with Gasteiger partial charge in [-0.2, -0.15) is 0 Å². The standard InChI is InChI=1S/C14H30O2/c1-5-7-9-13(11(3)15)14(12(4)16)10-8-6-2/h11-16H,5-10H2,1-4H3. The van der Waals surface area contributed by atoms with Gasteiger partial charge in [0.05, 0.1) is 12.2 Å². The number of rotatable bonds is 9. The van der Waals surface area contributed by atoms with Crippen LogP contribution in [0.15, 0.2) is 0 Å². The maximum Gasteiger partial charge on any atom is 0.0543 e. The lowest BCUT2D eigenvalue weighted by molar-refractivity contribution is 0.0125. The van der Waals surface area contributed by atoms with Gasteiger partial charge in [0.2, 0.25) is 0 Å². The van der Waals surface area contributed by atoms with Gasteiger partial charge < -0.3 is 10.2 Å². The molecule has 0 aliphatic rings. The molecule has 0 saturated heterocycles. The minimum absolute atomic E-state index is 0.256. The van der Waals surface area contributed by atoms with Crippen LogP contribution in [-0.2, 0) is 0 Å². The van der Waals surface area contributed by atoms with E-state index >= 15 is 0 Å². The van der Waals surface area contributed by atoms with Crippen LogP contribution in [0.3, 0.4) is 0 Å². The molecule has 0 saturated carbocycles. The first-order valence-corrected chi connectivity index (χ1v) is 6.90. The predicted molar refractivity (Wildman–Crippen MR) is 69.4 cm³/mol. The molecule has 0 aliphatic carbocycles. The minimum Gasteiger partial charge on any atom is -0.393 e. The molecule has 2 nitrogen and oxygen atoms in total. The van der Waals surface area contributed by atoms with Crippen molar-refractivity contribution in [2.24, 2.45) is 11.8 Å². The van der Waals surface area contributed by atoms with E-state index in [0.29, 0.717) is 0 Å². The third kappa shape index (κ3) is 5.86. The number of hydrogen-bond acceptors (Lipinski definition) is 2. The van der Waals surface area contributed by atoms with Crippen molar-refractivity contribution in [3.05, 3.63) is 0 Å². The number of aliphatic hydroxyl groups excluding tert-OH is 2. The van der Waals surface area contributed by atoms with Crippen LogP contribution in [0.1, 0.15) is 66.2 Å². The Bertz CT molecular complexity index is 137. The topological polar surface area (TPSA) is 40.5 Å². The summed E-state index contributed by atoms with van der Waals surface area (Å²) < 4.78 is 0. The van der Waals surface area contributed by atoms with E-state index in [1.54, 1.807) is 0 Å². The lowest BCUT2D eigenvalue weighted by Gasteiger charge is -2.31. The number of unbranched alkanes of at least 4 members (excludes halogenated alkanes) is 2. The normalized spacial score (nSPS) is 19.1. The van der Waals surface area contributed by atoms with Crippen LogP contribution >= 0.6 is 0 Å². The van der Waals surface area contributed by atoms with E-state index in [1.165, 1.54) is 0 Å². The summed E-state index contributed by atoms with van der Waals surface area (Å²) in [7, 11) is 0. The van der Waals surface area contributed by atoms with Crippen molar-refractivity contribution >= 4 is 0 Å². The van der Waals surface area contributed by atoms with Gasteiger partial charge in [-0.15, -0.1) is 0 Å². The third-order valence-electron chi connectivity index (χ3n) is 3.57. The summed E-state index contributed by atoms with van der Waals surface area (Å²) in [6.07, 6.45) is 6.06. The monoisotopic (exact) mass is 230 g/mol. The van der Waals surface area contributed by atoms with Gasteiger partial charge in [-0.25, -0.2) is 0 Å². The van der Waals surface area contributed by atoms with Crippen molar-refractivity contribution in [1.29, 1.82) is 0 Å². The number of hydrogen-bond donors (Lipinski definition) is 2. The molecule has 0 aromatic rings. The van der Waals surface area contributed by atoms with Crippen LogP contribution in [0.25, 0.3) is 0 Å². The van der Waals surface area contributed by atoms with Crippen molar-refractivity contribution < 1.29 is 10.2 Å². The van der Waals surface area contributed by atoms with Gasteiger partial charge >= 0.3 is 0 Å². The fourth-order valence-corrected chi connectivity index (χ4v) is 2.51. The summed E-state index contributed by atoms with van der Waals surface area (Å²) in [6.45, 7) is 8.06. The lowest BCUT2D eigenvalue weighted by atomic mass is 9.78. The minimum atomic E-state index is -0.303. The van der Waals surface area contributed by atoms with Crippen LogP contribution in [0.2, 0.25) is 0 Å². The summed E-state index contributed by atoms with van der Waals surface area (Å²) >= 11 is 0.